The molecule has 0 atom stereocenters. The number of rotatable bonds is 10. The smallest absolute Gasteiger partial charge is 0.305 e. The van der Waals surface area contributed by atoms with E-state index < -0.39 is 0 Å². The molecule has 6 heteroatoms. The maximum absolute atomic E-state index is 11.0. The van der Waals surface area contributed by atoms with E-state index in [0.29, 0.717) is 6.42 Å². The van der Waals surface area contributed by atoms with Gasteiger partial charge in [0.05, 0.1) is 7.11 Å². The number of thioether (sulfide) groups is 1. The first kappa shape index (κ1) is 21.4. The van der Waals surface area contributed by atoms with Gasteiger partial charge in [-0.05, 0) is 43.2 Å². The Hall–Kier alpha value is -1.69. The lowest BCUT2D eigenvalue weighted by Crippen LogP contribution is -2.37. The lowest BCUT2D eigenvalue weighted by atomic mass is 10.1. The van der Waals surface area contributed by atoms with Crippen LogP contribution < -0.4 is 10.6 Å². The Morgan fingerprint density at radius 1 is 1.20 bits per heavy atom. The summed E-state index contributed by atoms with van der Waals surface area (Å²) in [4.78, 5) is 16.6. The third kappa shape index (κ3) is 8.82. The molecule has 1 aromatic carbocycles. The van der Waals surface area contributed by atoms with Gasteiger partial charge in [-0.1, -0.05) is 25.0 Å². The van der Waals surface area contributed by atoms with Crippen LogP contribution in [-0.2, 0) is 16.1 Å². The van der Waals surface area contributed by atoms with Gasteiger partial charge < -0.3 is 15.4 Å². The number of carbonyl (C=O) groups excluding carboxylic acids is 1. The predicted molar refractivity (Wildman–Crippen MR) is 106 cm³/mol. The van der Waals surface area contributed by atoms with Crippen LogP contribution in [0.5, 0.6) is 0 Å². The average molecular weight is 366 g/mol. The number of ether oxygens (including phenoxy) is 1. The molecular weight excluding hydrogens is 334 g/mol. The van der Waals surface area contributed by atoms with Gasteiger partial charge in [-0.3, -0.25) is 9.79 Å². The van der Waals surface area contributed by atoms with E-state index >= 15 is 0 Å². The molecule has 0 saturated heterocycles. The van der Waals surface area contributed by atoms with Crippen LogP contribution in [0.15, 0.2) is 28.1 Å². The second kappa shape index (κ2) is 12.6. The minimum Gasteiger partial charge on any atom is -0.469 e. The summed E-state index contributed by atoms with van der Waals surface area (Å²) in [6.45, 7) is 3.75. The van der Waals surface area contributed by atoms with Crippen LogP contribution in [0, 0.1) is 6.92 Å². The molecule has 0 aliphatic heterocycles. The van der Waals surface area contributed by atoms with E-state index in [1.807, 2.05) is 0 Å². The molecule has 0 fully saturated rings. The maximum Gasteiger partial charge on any atom is 0.305 e. The summed E-state index contributed by atoms with van der Waals surface area (Å²) >= 11 is 1.77. The first-order valence-corrected chi connectivity index (χ1v) is 9.98. The summed E-state index contributed by atoms with van der Waals surface area (Å²) in [6, 6.07) is 6.52. The molecule has 0 radical (unpaired) electrons. The van der Waals surface area contributed by atoms with Gasteiger partial charge in [0, 0.05) is 31.5 Å². The SMILES string of the molecule is CN=C(NCCCCCCC(=O)OC)NCc1ccc(C)cc1SC. The number of aliphatic imine (C=N–C) groups is 1. The summed E-state index contributed by atoms with van der Waals surface area (Å²) < 4.78 is 4.63. The number of benzene rings is 1. The first-order chi connectivity index (χ1) is 12.1. The molecule has 25 heavy (non-hydrogen) atoms. The van der Waals surface area contributed by atoms with Crippen molar-refractivity contribution in [3.8, 4) is 0 Å². The second-order valence-electron chi connectivity index (χ2n) is 5.91. The van der Waals surface area contributed by atoms with Crippen LogP contribution in [-0.4, -0.2) is 38.9 Å². The fourth-order valence-corrected chi connectivity index (χ4v) is 3.16. The van der Waals surface area contributed by atoms with Crippen LogP contribution in [0.1, 0.15) is 43.2 Å². The largest absolute Gasteiger partial charge is 0.469 e. The summed E-state index contributed by atoms with van der Waals surface area (Å²) in [5.74, 6) is 0.700. The van der Waals surface area contributed by atoms with Gasteiger partial charge in [-0.2, -0.15) is 0 Å². The summed E-state index contributed by atoms with van der Waals surface area (Å²) in [6.07, 6.45) is 6.71. The van der Waals surface area contributed by atoms with Crippen LogP contribution in [0.3, 0.4) is 0 Å². The highest BCUT2D eigenvalue weighted by atomic mass is 32.2. The molecule has 0 aliphatic carbocycles. The van der Waals surface area contributed by atoms with Crippen LogP contribution >= 0.6 is 11.8 Å². The van der Waals surface area contributed by atoms with E-state index in [1.54, 1.807) is 18.8 Å². The number of nitrogens with zero attached hydrogens (tertiary/aromatic N) is 1. The number of nitrogens with one attached hydrogen (secondary N) is 2. The standard InChI is InChI=1S/C19H31N3O2S/c1-15-10-11-16(17(13-15)25-4)14-22-19(20-2)21-12-8-6-5-7-9-18(23)24-3/h10-11,13H,5-9,12,14H2,1-4H3,(H2,20,21,22). The minimum atomic E-state index is -0.122. The monoisotopic (exact) mass is 365 g/mol. The Morgan fingerprint density at radius 2 is 1.96 bits per heavy atom. The molecule has 2 N–H and O–H groups in total. The number of carbonyl (C=O) groups is 1. The Balaban J connectivity index is 2.24. The van der Waals surface area contributed by atoms with E-state index in [-0.39, 0.29) is 5.97 Å². The number of hydrogen-bond donors (Lipinski definition) is 2. The Bertz CT molecular complexity index is 562. The number of guanidine groups is 1. The van der Waals surface area contributed by atoms with Crippen molar-refractivity contribution in [3.63, 3.8) is 0 Å². The third-order valence-electron chi connectivity index (χ3n) is 3.94. The normalized spacial score (nSPS) is 11.3. The van der Waals surface area contributed by atoms with Crippen LogP contribution in [0.4, 0.5) is 0 Å². The molecule has 0 heterocycles. The number of aryl methyl sites for hydroxylation is 1. The highest BCUT2D eigenvalue weighted by molar-refractivity contribution is 7.98. The minimum absolute atomic E-state index is 0.122. The Labute approximate surface area is 156 Å². The van der Waals surface area contributed by atoms with Crippen LogP contribution in [0.2, 0.25) is 0 Å². The zero-order chi connectivity index (χ0) is 18.5. The zero-order valence-electron chi connectivity index (χ0n) is 15.9. The fraction of sp³-hybridized carbons (Fsp3) is 0.579. The van der Waals surface area contributed by atoms with Gasteiger partial charge in [0.25, 0.3) is 0 Å². The molecule has 1 rings (SSSR count). The molecule has 1 aromatic rings. The Kier molecular flexibility index (Phi) is 10.8. The van der Waals surface area contributed by atoms with Crippen molar-refractivity contribution in [1.82, 2.24) is 10.6 Å². The van der Waals surface area contributed by atoms with E-state index in [9.17, 15) is 4.79 Å². The van der Waals surface area contributed by atoms with Crippen molar-refractivity contribution in [2.24, 2.45) is 4.99 Å². The van der Waals surface area contributed by atoms with Crippen molar-refractivity contribution in [2.75, 3.05) is 27.0 Å². The van der Waals surface area contributed by atoms with Crippen molar-refractivity contribution in [2.45, 2.75) is 50.5 Å². The molecular formula is C19H31N3O2S. The molecule has 140 valence electrons. The van der Waals surface area contributed by atoms with E-state index in [4.69, 9.17) is 0 Å². The van der Waals surface area contributed by atoms with Crippen molar-refractivity contribution in [3.05, 3.63) is 29.3 Å². The van der Waals surface area contributed by atoms with E-state index in [0.717, 1.165) is 44.7 Å². The van der Waals surface area contributed by atoms with Crippen LogP contribution in [0.25, 0.3) is 0 Å². The summed E-state index contributed by atoms with van der Waals surface area (Å²) in [5, 5.41) is 6.71. The second-order valence-corrected chi connectivity index (χ2v) is 6.76. The lowest BCUT2D eigenvalue weighted by molar-refractivity contribution is -0.140. The lowest BCUT2D eigenvalue weighted by Gasteiger charge is -2.14. The number of unbranched alkanes of at least 4 members (excludes halogenated alkanes) is 3. The van der Waals surface area contributed by atoms with Gasteiger partial charge in [-0.15, -0.1) is 11.8 Å². The molecule has 0 aliphatic rings. The third-order valence-corrected chi connectivity index (χ3v) is 4.76. The molecule has 0 spiro atoms. The number of hydrogen-bond acceptors (Lipinski definition) is 4. The molecule has 0 saturated carbocycles. The summed E-state index contributed by atoms with van der Waals surface area (Å²) in [7, 11) is 3.22. The molecule has 0 bridgehead atoms. The fourth-order valence-electron chi connectivity index (χ4n) is 2.45. The maximum atomic E-state index is 11.0. The average Bonchev–Trinajstić information content (AvgIpc) is 2.63. The van der Waals surface area contributed by atoms with Gasteiger partial charge in [0.15, 0.2) is 5.96 Å². The quantitative estimate of drug-likeness (QED) is 0.218. The van der Waals surface area contributed by atoms with Gasteiger partial charge in [0.2, 0.25) is 0 Å². The van der Waals surface area contributed by atoms with E-state index in [1.165, 1.54) is 23.1 Å². The first-order valence-electron chi connectivity index (χ1n) is 8.75. The van der Waals surface area contributed by atoms with Gasteiger partial charge in [0.1, 0.15) is 0 Å². The van der Waals surface area contributed by atoms with Gasteiger partial charge in [-0.25, -0.2) is 0 Å². The molecule has 0 unspecified atom stereocenters. The predicted octanol–water partition coefficient (Wildman–Crippen LogP) is 3.51. The molecule has 0 amide bonds. The van der Waals surface area contributed by atoms with Gasteiger partial charge >= 0.3 is 5.97 Å². The number of esters is 1. The molecule has 5 nitrogen and oxygen atoms in total. The highest BCUT2D eigenvalue weighted by Crippen LogP contribution is 2.21. The topological polar surface area (TPSA) is 62.7 Å². The Morgan fingerprint density at radius 3 is 2.64 bits per heavy atom. The zero-order valence-corrected chi connectivity index (χ0v) is 16.7. The molecule has 0 aromatic heterocycles. The van der Waals surface area contributed by atoms with Crippen molar-refractivity contribution >= 4 is 23.7 Å². The summed E-state index contributed by atoms with van der Waals surface area (Å²) in [5.41, 5.74) is 2.56. The van der Waals surface area contributed by atoms with Crippen molar-refractivity contribution in [1.29, 1.82) is 0 Å². The van der Waals surface area contributed by atoms with Crippen molar-refractivity contribution < 1.29 is 9.53 Å². The number of methoxy groups -OCH3 is 1. The highest BCUT2D eigenvalue weighted by Gasteiger charge is 2.04. The van der Waals surface area contributed by atoms with E-state index in [2.05, 4.69) is 51.7 Å².